The summed E-state index contributed by atoms with van der Waals surface area (Å²) in [6.45, 7) is 3.38. The summed E-state index contributed by atoms with van der Waals surface area (Å²) >= 11 is 0. The normalized spacial score (nSPS) is 10.8. The van der Waals surface area contributed by atoms with E-state index in [9.17, 15) is 9.59 Å². The maximum Gasteiger partial charge on any atom is 0.261 e. The topological polar surface area (TPSA) is 67.4 Å². The van der Waals surface area contributed by atoms with Gasteiger partial charge in [-0.2, -0.15) is 0 Å². The Bertz CT molecular complexity index is 774. The number of anilines is 1. The molecule has 0 aliphatic rings. The molecule has 2 rings (SSSR count). The minimum absolute atomic E-state index is 0.117. The van der Waals surface area contributed by atoms with Crippen molar-refractivity contribution in [3.8, 4) is 17.6 Å². The second kappa shape index (κ2) is 9.14. The van der Waals surface area contributed by atoms with Crippen molar-refractivity contribution in [2.45, 2.75) is 20.0 Å². The average Bonchev–Trinajstić information content (AvgIpc) is 2.60. The average molecular weight is 336 g/mol. The minimum Gasteiger partial charge on any atom is -0.481 e. The molecule has 0 aromatic heterocycles. The van der Waals surface area contributed by atoms with Crippen LogP contribution in [-0.4, -0.2) is 24.5 Å². The third kappa shape index (κ3) is 6.40. The van der Waals surface area contributed by atoms with Gasteiger partial charge in [0.25, 0.3) is 5.91 Å². The number of benzene rings is 2. The van der Waals surface area contributed by atoms with Crippen LogP contribution in [0.15, 0.2) is 54.6 Å². The predicted molar refractivity (Wildman–Crippen MR) is 97.2 cm³/mol. The van der Waals surface area contributed by atoms with Crippen molar-refractivity contribution in [3.63, 3.8) is 0 Å². The van der Waals surface area contributed by atoms with E-state index >= 15 is 0 Å². The third-order valence-corrected chi connectivity index (χ3v) is 3.21. The van der Waals surface area contributed by atoms with Gasteiger partial charge in [-0.05, 0) is 43.3 Å². The molecular formula is C20H20N2O3. The van der Waals surface area contributed by atoms with E-state index < -0.39 is 6.10 Å². The molecule has 2 aromatic rings. The second-order valence-corrected chi connectivity index (χ2v) is 5.35. The number of ether oxygens (including phenoxy) is 1. The minimum atomic E-state index is -0.596. The highest BCUT2D eigenvalue weighted by Gasteiger charge is 2.13. The van der Waals surface area contributed by atoms with Crippen LogP contribution < -0.4 is 15.4 Å². The standard InChI is InChI=1S/C20H20N2O3/c1-15(25-19-8-4-3-5-9-19)20(24)21-14-6-7-17-10-12-18(13-11-17)22-16(2)23/h3-5,8-13,15H,14H2,1-2H3,(H,21,24)(H,22,23). The lowest BCUT2D eigenvalue weighted by Crippen LogP contribution is -2.36. The van der Waals surface area contributed by atoms with Gasteiger partial charge in [0, 0.05) is 18.2 Å². The fourth-order valence-corrected chi connectivity index (χ4v) is 2.02. The molecule has 2 aromatic carbocycles. The number of hydrogen-bond acceptors (Lipinski definition) is 3. The smallest absolute Gasteiger partial charge is 0.261 e. The molecule has 0 heterocycles. The molecule has 1 unspecified atom stereocenters. The van der Waals surface area contributed by atoms with Crippen molar-refractivity contribution in [3.05, 3.63) is 60.2 Å². The molecule has 128 valence electrons. The highest BCUT2D eigenvalue weighted by Crippen LogP contribution is 2.10. The quantitative estimate of drug-likeness (QED) is 0.825. The number of para-hydroxylation sites is 1. The largest absolute Gasteiger partial charge is 0.481 e. The van der Waals surface area contributed by atoms with Crippen molar-refractivity contribution < 1.29 is 14.3 Å². The molecule has 2 amide bonds. The molecule has 0 saturated carbocycles. The zero-order valence-electron chi connectivity index (χ0n) is 14.2. The van der Waals surface area contributed by atoms with Gasteiger partial charge in [0.05, 0.1) is 6.54 Å². The summed E-state index contributed by atoms with van der Waals surface area (Å²) in [6, 6.07) is 16.4. The van der Waals surface area contributed by atoms with Crippen LogP contribution in [0.3, 0.4) is 0 Å². The fraction of sp³-hybridized carbons (Fsp3) is 0.200. The van der Waals surface area contributed by atoms with Gasteiger partial charge in [-0.3, -0.25) is 9.59 Å². The number of carbonyl (C=O) groups excluding carboxylic acids is 2. The molecule has 5 nitrogen and oxygen atoms in total. The second-order valence-electron chi connectivity index (χ2n) is 5.35. The molecule has 0 aliphatic heterocycles. The third-order valence-electron chi connectivity index (χ3n) is 3.21. The van der Waals surface area contributed by atoms with E-state index in [1.165, 1.54) is 6.92 Å². The molecular weight excluding hydrogens is 316 g/mol. The Morgan fingerprint density at radius 2 is 1.76 bits per heavy atom. The number of hydrogen-bond donors (Lipinski definition) is 2. The van der Waals surface area contributed by atoms with E-state index in [0.29, 0.717) is 5.75 Å². The van der Waals surface area contributed by atoms with Gasteiger partial charge in [-0.25, -0.2) is 0 Å². The van der Waals surface area contributed by atoms with Crippen LogP contribution in [-0.2, 0) is 9.59 Å². The number of amides is 2. The van der Waals surface area contributed by atoms with Crippen LogP contribution in [0.2, 0.25) is 0 Å². The van der Waals surface area contributed by atoms with Gasteiger partial charge in [-0.1, -0.05) is 30.0 Å². The summed E-state index contributed by atoms with van der Waals surface area (Å²) in [7, 11) is 0. The lowest BCUT2D eigenvalue weighted by atomic mass is 10.2. The van der Waals surface area contributed by atoms with Gasteiger partial charge >= 0.3 is 0 Å². The fourth-order valence-electron chi connectivity index (χ4n) is 2.02. The molecule has 5 heteroatoms. The first-order valence-corrected chi connectivity index (χ1v) is 7.90. The van der Waals surface area contributed by atoms with Gasteiger partial charge < -0.3 is 15.4 Å². The summed E-state index contributed by atoms with van der Waals surface area (Å²) in [6.07, 6.45) is -0.596. The van der Waals surface area contributed by atoms with Crippen LogP contribution in [0, 0.1) is 11.8 Å². The molecule has 25 heavy (non-hydrogen) atoms. The summed E-state index contributed by atoms with van der Waals surface area (Å²) in [5, 5.41) is 5.40. The SMILES string of the molecule is CC(=O)Nc1ccc(C#CCNC(=O)C(C)Oc2ccccc2)cc1. The molecule has 0 bridgehead atoms. The van der Waals surface area contributed by atoms with Gasteiger partial charge in [0.1, 0.15) is 5.75 Å². The number of nitrogens with one attached hydrogen (secondary N) is 2. The molecule has 1 atom stereocenters. The van der Waals surface area contributed by atoms with Gasteiger partial charge in [0.2, 0.25) is 5.91 Å². The molecule has 0 fully saturated rings. The lowest BCUT2D eigenvalue weighted by molar-refractivity contribution is -0.127. The summed E-state index contributed by atoms with van der Waals surface area (Å²) in [5.74, 6) is 6.15. The van der Waals surface area contributed by atoms with E-state index in [0.717, 1.165) is 11.3 Å². The Morgan fingerprint density at radius 3 is 2.40 bits per heavy atom. The first kappa shape index (κ1) is 18.1. The van der Waals surface area contributed by atoms with Gasteiger partial charge in [0.15, 0.2) is 6.10 Å². The monoisotopic (exact) mass is 336 g/mol. The number of rotatable bonds is 5. The molecule has 0 spiro atoms. The van der Waals surface area contributed by atoms with Crippen molar-refractivity contribution in [2.24, 2.45) is 0 Å². The Balaban J connectivity index is 1.79. The maximum atomic E-state index is 12.0. The van der Waals surface area contributed by atoms with E-state index in [2.05, 4.69) is 22.5 Å². The Labute approximate surface area is 147 Å². The van der Waals surface area contributed by atoms with Crippen molar-refractivity contribution in [1.82, 2.24) is 5.32 Å². The molecule has 2 N–H and O–H groups in total. The van der Waals surface area contributed by atoms with Crippen LogP contribution in [0.25, 0.3) is 0 Å². The van der Waals surface area contributed by atoms with Crippen molar-refractivity contribution in [2.75, 3.05) is 11.9 Å². The lowest BCUT2D eigenvalue weighted by Gasteiger charge is -2.13. The van der Waals surface area contributed by atoms with Crippen LogP contribution in [0.4, 0.5) is 5.69 Å². The van der Waals surface area contributed by atoms with Crippen LogP contribution >= 0.6 is 0 Å². The molecule has 0 radical (unpaired) electrons. The maximum absolute atomic E-state index is 12.0. The summed E-state index contributed by atoms with van der Waals surface area (Å²) < 4.78 is 5.54. The molecule has 0 saturated heterocycles. The van der Waals surface area contributed by atoms with E-state index in [1.54, 1.807) is 43.3 Å². The van der Waals surface area contributed by atoms with Crippen molar-refractivity contribution >= 4 is 17.5 Å². The summed E-state index contributed by atoms with van der Waals surface area (Å²) in [5.41, 5.74) is 1.52. The first-order valence-electron chi connectivity index (χ1n) is 7.90. The zero-order valence-corrected chi connectivity index (χ0v) is 14.2. The van der Waals surface area contributed by atoms with Gasteiger partial charge in [-0.15, -0.1) is 0 Å². The Hall–Kier alpha value is -3.26. The highest BCUT2D eigenvalue weighted by molar-refractivity contribution is 5.88. The van der Waals surface area contributed by atoms with Crippen LogP contribution in [0.1, 0.15) is 19.4 Å². The summed E-state index contributed by atoms with van der Waals surface area (Å²) in [4.78, 5) is 22.9. The Morgan fingerprint density at radius 1 is 1.08 bits per heavy atom. The van der Waals surface area contributed by atoms with E-state index in [1.807, 2.05) is 18.2 Å². The Kier molecular flexibility index (Phi) is 6.61. The molecule has 0 aliphatic carbocycles. The first-order chi connectivity index (χ1) is 12.0. The van der Waals surface area contributed by atoms with E-state index in [4.69, 9.17) is 4.74 Å². The zero-order chi connectivity index (χ0) is 18.1. The van der Waals surface area contributed by atoms with Crippen molar-refractivity contribution in [1.29, 1.82) is 0 Å². The highest BCUT2D eigenvalue weighted by atomic mass is 16.5. The predicted octanol–water partition coefficient (Wildman–Crippen LogP) is 2.58. The van der Waals surface area contributed by atoms with E-state index in [-0.39, 0.29) is 18.4 Å². The van der Waals surface area contributed by atoms with Crippen LogP contribution in [0.5, 0.6) is 5.75 Å². The number of carbonyl (C=O) groups is 2.